The van der Waals surface area contributed by atoms with Gasteiger partial charge in [-0.15, -0.1) is 0 Å². The van der Waals surface area contributed by atoms with Crippen molar-refractivity contribution in [1.29, 1.82) is 0 Å². The van der Waals surface area contributed by atoms with E-state index in [0.29, 0.717) is 13.2 Å². The van der Waals surface area contributed by atoms with Crippen molar-refractivity contribution in [3.63, 3.8) is 0 Å². The Morgan fingerprint density at radius 1 is 0.913 bits per heavy atom. The molecule has 3 nitrogen and oxygen atoms in total. The Morgan fingerprint density at radius 2 is 1.48 bits per heavy atom. The number of benzene rings is 2. The first-order chi connectivity index (χ1) is 10.9. The van der Waals surface area contributed by atoms with Crippen molar-refractivity contribution in [3.05, 3.63) is 60.2 Å². The third-order valence-electron chi connectivity index (χ3n) is 3.63. The molecule has 1 heterocycles. The third-order valence-corrected chi connectivity index (χ3v) is 6.45. The van der Waals surface area contributed by atoms with E-state index >= 15 is 0 Å². The van der Waals surface area contributed by atoms with Crippen LogP contribution in [0.1, 0.15) is 11.9 Å². The molecule has 0 aromatic heterocycles. The van der Waals surface area contributed by atoms with Gasteiger partial charge in [0.05, 0.1) is 13.2 Å². The molecule has 122 valence electrons. The van der Waals surface area contributed by atoms with E-state index in [-0.39, 0.29) is 16.2 Å². The summed E-state index contributed by atoms with van der Waals surface area (Å²) in [4.78, 5) is 0. The molecule has 1 aliphatic rings. The second-order valence-corrected chi connectivity index (χ2v) is 7.77. The van der Waals surface area contributed by atoms with E-state index in [1.807, 2.05) is 0 Å². The van der Waals surface area contributed by atoms with Crippen LogP contribution < -0.4 is 10.6 Å². The molecule has 1 aliphatic heterocycles. The van der Waals surface area contributed by atoms with Crippen molar-refractivity contribution in [1.82, 2.24) is 0 Å². The molecule has 7 heteroatoms. The van der Waals surface area contributed by atoms with Gasteiger partial charge in [0.2, 0.25) is 7.14 Å². The molecule has 0 N–H and O–H groups in total. The molecule has 1 fully saturated rings. The van der Waals surface area contributed by atoms with Gasteiger partial charge in [-0.05, 0) is 0 Å². The molecule has 0 amide bonds. The molecule has 1 atom stereocenters. The van der Waals surface area contributed by atoms with Gasteiger partial charge >= 0.3 is 5.92 Å². The van der Waals surface area contributed by atoms with Crippen LogP contribution in [0.15, 0.2) is 54.6 Å². The Morgan fingerprint density at radius 3 is 2.09 bits per heavy atom. The molecular formula is C16H14F3O3P. The molecule has 0 radical (unpaired) electrons. The highest BCUT2D eigenvalue weighted by Crippen LogP contribution is 2.59. The monoisotopic (exact) mass is 342 g/mol. The SMILES string of the molecule is O=[P@@](c1ccccc1)(c1ccccc1C1OCCO1)C(F)(F)F. The van der Waals surface area contributed by atoms with Crippen LogP contribution in [0.5, 0.6) is 0 Å². The topological polar surface area (TPSA) is 35.5 Å². The van der Waals surface area contributed by atoms with Gasteiger partial charge in [-0.2, -0.15) is 13.2 Å². The minimum Gasteiger partial charge on any atom is -0.346 e. The molecule has 2 aromatic rings. The highest BCUT2D eigenvalue weighted by Gasteiger charge is 2.54. The average molecular weight is 342 g/mol. The predicted octanol–water partition coefficient (Wildman–Crippen LogP) is 3.57. The van der Waals surface area contributed by atoms with Crippen LogP contribution in [0, 0.1) is 0 Å². The van der Waals surface area contributed by atoms with E-state index in [4.69, 9.17) is 9.47 Å². The van der Waals surface area contributed by atoms with Gasteiger partial charge in [0, 0.05) is 16.2 Å². The van der Waals surface area contributed by atoms with Crippen molar-refractivity contribution in [3.8, 4) is 0 Å². The number of alkyl halides is 3. The van der Waals surface area contributed by atoms with Crippen LogP contribution in [-0.2, 0) is 14.0 Å². The van der Waals surface area contributed by atoms with Crippen molar-refractivity contribution >= 4 is 17.8 Å². The van der Waals surface area contributed by atoms with E-state index < -0.39 is 19.3 Å². The zero-order valence-corrected chi connectivity index (χ0v) is 12.9. The van der Waals surface area contributed by atoms with Crippen molar-refractivity contribution in [2.45, 2.75) is 12.2 Å². The standard InChI is InChI=1S/C16H14F3O3P/c17-16(18,19)23(20,12-6-2-1-3-7-12)14-9-5-4-8-13(14)15-21-10-11-22-15/h1-9,15H,10-11H2/t23-/m0/s1. The molecule has 0 bridgehead atoms. The molecular weight excluding hydrogens is 328 g/mol. The first kappa shape index (κ1) is 16.2. The zero-order chi connectivity index (χ0) is 16.5. The minimum absolute atomic E-state index is 0.162. The fourth-order valence-corrected chi connectivity index (χ4v) is 4.85. The molecule has 3 rings (SSSR count). The van der Waals surface area contributed by atoms with Crippen LogP contribution >= 0.6 is 7.14 Å². The van der Waals surface area contributed by atoms with E-state index in [0.717, 1.165) is 0 Å². The molecule has 0 spiro atoms. The molecule has 0 aliphatic carbocycles. The number of rotatable bonds is 3. The lowest BCUT2D eigenvalue weighted by Crippen LogP contribution is -2.30. The number of halogens is 3. The third kappa shape index (κ3) is 2.82. The van der Waals surface area contributed by atoms with E-state index in [1.165, 1.54) is 42.5 Å². The Hall–Kier alpha value is -1.62. The summed E-state index contributed by atoms with van der Waals surface area (Å²) in [6.45, 7) is 0.585. The summed E-state index contributed by atoms with van der Waals surface area (Å²) in [6.07, 6.45) is -0.925. The summed E-state index contributed by atoms with van der Waals surface area (Å²) >= 11 is 0. The van der Waals surface area contributed by atoms with Gasteiger partial charge in [0.25, 0.3) is 0 Å². The number of hydrogen-bond donors (Lipinski definition) is 0. The first-order valence-corrected chi connectivity index (χ1v) is 8.70. The highest BCUT2D eigenvalue weighted by molar-refractivity contribution is 7.79. The lowest BCUT2D eigenvalue weighted by atomic mass is 10.2. The number of ether oxygens (including phenoxy) is 2. The summed E-state index contributed by atoms with van der Waals surface area (Å²) in [5, 5.41) is -0.538. The molecule has 2 aromatic carbocycles. The Balaban J connectivity index is 2.22. The van der Waals surface area contributed by atoms with Crippen molar-refractivity contribution in [2.75, 3.05) is 13.2 Å². The van der Waals surface area contributed by atoms with E-state index in [2.05, 4.69) is 0 Å². The Kier molecular flexibility index (Phi) is 4.32. The van der Waals surface area contributed by atoms with Crippen LogP contribution in [0.2, 0.25) is 0 Å². The summed E-state index contributed by atoms with van der Waals surface area (Å²) < 4.78 is 65.2. The van der Waals surface area contributed by atoms with Crippen LogP contribution in [0.4, 0.5) is 13.2 Å². The normalized spacial score (nSPS) is 18.7. The lowest BCUT2D eigenvalue weighted by Gasteiger charge is -2.25. The second kappa shape index (κ2) is 6.11. The average Bonchev–Trinajstić information content (AvgIpc) is 3.08. The fraction of sp³-hybridized carbons (Fsp3) is 0.250. The molecule has 0 unspecified atom stereocenters. The summed E-state index contributed by atoms with van der Waals surface area (Å²) in [6, 6.07) is 12.7. The number of hydrogen-bond acceptors (Lipinski definition) is 3. The van der Waals surface area contributed by atoms with E-state index in [9.17, 15) is 17.7 Å². The van der Waals surface area contributed by atoms with Gasteiger partial charge in [-0.1, -0.05) is 54.6 Å². The maximum absolute atomic E-state index is 13.8. The largest absolute Gasteiger partial charge is 0.448 e. The van der Waals surface area contributed by atoms with E-state index in [1.54, 1.807) is 12.1 Å². The van der Waals surface area contributed by atoms with Gasteiger partial charge in [0.1, 0.15) is 0 Å². The van der Waals surface area contributed by atoms with Crippen molar-refractivity contribution in [2.24, 2.45) is 0 Å². The fourth-order valence-electron chi connectivity index (χ4n) is 2.57. The maximum atomic E-state index is 13.8. The Bertz CT molecular complexity index is 725. The smallest absolute Gasteiger partial charge is 0.346 e. The molecule has 23 heavy (non-hydrogen) atoms. The van der Waals surface area contributed by atoms with Gasteiger partial charge in [-0.3, -0.25) is 0 Å². The van der Waals surface area contributed by atoms with Gasteiger partial charge in [0.15, 0.2) is 6.29 Å². The molecule has 1 saturated heterocycles. The summed E-state index contributed by atoms with van der Waals surface area (Å²) in [7, 11) is -4.86. The molecule has 0 saturated carbocycles. The lowest BCUT2D eigenvalue weighted by molar-refractivity contribution is -0.0463. The van der Waals surface area contributed by atoms with Crippen LogP contribution in [-0.4, -0.2) is 19.1 Å². The van der Waals surface area contributed by atoms with Gasteiger partial charge < -0.3 is 14.0 Å². The zero-order valence-electron chi connectivity index (χ0n) is 12.0. The minimum atomic E-state index is -4.90. The summed E-state index contributed by atoms with van der Waals surface area (Å²) in [5.74, 6) is -4.90. The highest BCUT2D eigenvalue weighted by atomic mass is 31.2. The van der Waals surface area contributed by atoms with Crippen LogP contribution in [0.25, 0.3) is 0 Å². The van der Waals surface area contributed by atoms with Crippen LogP contribution in [0.3, 0.4) is 0 Å². The Labute approximate surface area is 131 Å². The quantitative estimate of drug-likeness (QED) is 0.800. The van der Waals surface area contributed by atoms with Crippen molar-refractivity contribution < 1.29 is 27.2 Å². The predicted molar refractivity (Wildman–Crippen MR) is 80.5 cm³/mol. The van der Waals surface area contributed by atoms with Gasteiger partial charge in [-0.25, -0.2) is 0 Å². The summed E-state index contributed by atoms with van der Waals surface area (Å²) in [5.41, 5.74) is 0.162. The first-order valence-electron chi connectivity index (χ1n) is 7.00. The second-order valence-electron chi connectivity index (χ2n) is 5.04. The maximum Gasteiger partial charge on any atom is 0.448 e.